The van der Waals surface area contributed by atoms with Gasteiger partial charge in [-0.1, -0.05) is 18.2 Å². The van der Waals surface area contributed by atoms with Crippen molar-refractivity contribution in [3.63, 3.8) is 0 Å². The minimum atomic E-state index is 0.189. The number of hydrogen-bond donors (Lipinski definition) is 0. The average Bonchev–Trinajstić information content (AvgIpc) is 2.69. The highest BCUT2D eigenvalue weighted by atomic mass is 16.2. The van der Waals surface area contributed by atoms with Crippen LogP contribution in [0.5, 0.6) is 0 Å². The molecule has 4 bridgehead atoms. The molecule has 4 fully saturated rings. The number of fused-ring (bicyclic) bond motifs is 2. The minimum absolute atomic E-state index is 0.189. The van der Waals surface area contributed by atoms with E-state index in [4.69, 9.17) is 0 Å². The van der Waals surface area contributed by atoms with Gasteiger partial charge in [0, 0.05) is 17.6 Å². The maximum absolute atomic E-state index is 12.9. The molecule has 1 aromatic carbocycles. The SMILES string of the molecule is O=C1c2ccccc2CN1C12CCC3CC(CC(C3)C1)C2. The van der Waals surface area contributed by atoms with E-state index in [0.717, 1.165) is 29.9 Å². The quantitative estimate of drug-likeness (QED) is 0.762. The van der Waals surface area contributed by atoms with Gasteiger partial charge in [0.2, 0.25) is 0 Å². The van der Waals surface area contributed by atoms with Gasteiger partial charge in [0.15, 0.2) is 0 Å². The minimum Gasteiger partial charge on any atom is -0.329 e. The van der Waals surface area contributed by atoms with Crippen molar-refractivity contribution in [2.75, 3.05) is 0 Å². The van der Waals surface area contributed by atoms with Crippen LogP contribution in [-0.2, 0) is 6.54 Å². The molecule has 0 radical (unpaired) electrons. The van der Waals surface area contributed by atoms with Crippen molar-refractivity contribution in [1.29, 1.82) is 0 Å². The smallest absolute Gasteiger partial charge is 0.254 e. The molecule has 2 unspecified atom stereocenters. The van der Waals surface area contributed by atoms with Gasteiger partial charge in [-0.15, -0.1) is 0 Å². The molecule has 2 heteroatoms. The Hall–Kier alpha value is -1.31. The summed E-state index contributed by atoms with van der Waals surface area (Å²) in [6, 6.07) is 8.23. The van der Waals surface area contributed by atoms with Crippen molar-refractivity contribution in [3.8, 4) is 0 Å². The molecule has 1 aromatic rings. The predicted octanol–water partition coefficient (Wildman–Crippen LogP) is 4.00. The summed E-state index contributed by atoms with van der Waals surface area (Å²) in [6.45, 7) is 0.860. The van der Waals surface area contributed by atoms with Crippen molar-refractivity contribution < 1.29 is 4.79 Å². The molecule has 0 N–H and O–H groups in total. The molecule has 2 nitrogen and oxygen atoms in total. The van der Waals surface area contributed by atoms with Crippen molar-refractivity contribution in [3.05, 3.63) is 35.4 Å². The molecule has 4 saturated carbocycles. The normalized spacial score (nSPS) is 40.5. The monoisotopic (exact) mass is 281 g/mol. The van der Waals surface area contributed by atoms with E-state index >= 15 is 0 Å². The van der Waals surface area contributed by atoms with Crippen LogP contribution in [0.2, 0.25) is 0 Å². The lowest BCUT2D eigenvalue weighted by Gasteiger charge is -2.49. The van der Waals surface area contributed by atoms with Crippen LogP contribution < -0.4 is 0 Å². The summed E-state index contributed by atoms with van der Waals surface area (Å²) < 4.78 is 0. The van der Waals surface area contributed by atoms with Gasteiger partial charge in [-0.2, -0.15) is 0 Å². The van der Waals surface area contributed by atoms with Gasteiger partial charge in [-0.05, 0) is 74.3 Å². The fourth-order valence-electron chi connectivity index (χ4n) is 6.10. The summed E-state index contributed by atoms with van der Waals surface area (Å²) in [5.41, 5.74) is 2.40. The third-order valence-corrected chi connectivity index (χ3v) is 6.75. The lowest BCUT2D eigenvalue weighted by Crippen LogP contribution is -2.53. The van der Waals surface area contributed by atoms with Crippen LogP contribution in [0.3, 0.4) is 0 Å². The second-order valence-corrected chi connectivity index (χ2v) is 8.02. The molecule has 1 amide bonds. The first-order valence-corrected chi connectivity index (χ1v) is 8.63. The third kappa shape index (κ3) is 1.68. The highest BCUT2D eigenvalue weighted by Gasteiger charge is 2.52. The standard InChI is InChI=1S/C19H23NO/c21-18-17-4-2-1-3-16(17)12-20(18)19-6-5-13-7-14(10-19)9-15(8-13)11-19/h1-4,13-15H,5-12H2. The molecule has 4 aliphatic carbocycles. The van der Waals surface area contributed by atoms with E-state index in [1.165, 1.54) is 50.5 Å². The van der Waals surface area contributed by atoms with Gasteiger partial charge in [0.05, 0.1) is 0 Å². The van der Waals surface area contributed by atoms with Crippen LogP contribution in [0, 0.1) is 17.8 Å². The van der Waals surface area contributed by atoms with E-state index in [1.54, 1.807) is 0 Å². The third-order valence-electron chi connectivity index (χ3n) is 6.75. The number of nitrogens with zero attached hydrogens (tertiary/aromatic N) is 1. The first-order chi connectivity index (χ1) is 10.2. The maximum Gasteiger partial charge on any atom is 0.254 e. The summed E-state index contributed by atoms with van der Waals surface area (Å²) in [7, 11) is 0. The van der Waals surface area contributed by atoms with E-state index in [1.807, 2.05) is 12.1 Å². The van der Waals surface area contributed by atoms with E-state index in [9.17, 15) is 4.79 Å². The zero-order chi connectivity index (χ0) is 14.0. The molecule has 0 saturated heterocycles. The van der Waals surface area contributed by atoms with E-state index in [0.29, 0.717) is 5.91 Å². The number of amides is 1. The fraction of sp³-hybridized carbons (Fsp3) is 0.632. The van der Waals surface area contributed by atoms with Crippen LogP contribution >= 0.6 is 0 Å². The Bertz CT molecular complexity index is 593. The van der Waals surface area contributed by atoms with Gasteiger partial charge in [0.25, 0.3) is 5.91 Å². The van der Waals surface area contributed by atoms with Crippen LogP contribution in [0.15, 0.2) is 24.3 Å². The zero-order valence-corrected chi connectivity index (χ0v) is 12.6. The summed E-state index contributed by atoms with van der Waals surface area (Å²) in [4.78, 5) is 15.2. The largest absolute Gasteiger partial charge is 0.329 e. The van der Waals surface area contributed by atoms with Crippen LogP contribution in [-0.4, -0.2) is 16.3 Å². The number of rotatable bonds is 1. The predicted molar refractivity (Wildman–Crippen MR) is 81.8 cm³/mol. The second-order valence-electron chi connectivity index (χ2n) is 8.02. The second kappa shape index (κ2) is 4.12. The Morgan fingerprint density at radius 1 is 1.00 bits per heavy atom. The van der Waals surface area contributed by atoms with Crippen molar-refractivity contribution in [2.45, 2.75) is 57.0 Å². The first-order valence-electron chi connectivity index (χ1n) is 8.63. The Kier molecular flexibility index (Phi) is 2.40. The van der Waals surface area contributed by atoms with Crippen molar-refractivity contribution in [1.82, 2.24) is 4.90 Å². The zero-order valence-electron chi connectivity index (χ0n) is 12.6. The van der Waals surface area contributed by atoms with Gasteiger partial charge >= 0.3 is 0 Å². The molecule has 6 rings (SSSR count). The molecule has 110 valence electrons. The topological polar surface area (TPSA) is 20.3 Å². The van der Waals surface area contributed by atoms with E-state index in [2.05, 4.69) is 17.0 Å². The number of carbonyl (C=O) groups excluding carboxylic acids is 1. The Labute approximate surface area is 126 Å². The first kappa shape index (κ1) is 12.3. The van der Waals surface area contributed by atoms with Gasteiger partial charge in [-0.25, -0.2) is 0 Å². The Morgan fingerprint density at radius 2 is 1.71 bits per heavy atom. The highest BCUT2D eigenvalue weighted by Crippen LogP contribution is 2.56. The summed E-state index contributed by atoms with van der Waals surface area (Å²) >= 11 is 0. The van der Waals surface area contributed by atoms with Crippen molar-refractivity contribution in [2.24, 2.45) is 17.8 Å². The van der Waals surface area contributed by atoms with Gasteiger partial charge in [0.1, 0.15) is 0 Å². The molecule has 1 aliphatic heterocycles. The van der Waals surface area contributed by atoms with Crippen molar-refractivity contribution >= 4 is 5.91 Å². The molecule has 1 heterocycles. The summed E-state index contributed by atoms with van der Waals surface area (Å²) in [6.07, 6.45) is 9.48. The molecule has 2 atom stereocenters. The molecule has 0 aromatic heterocycles. The Balaban J connectivity index is 1.54. The lowest BCUT2D eigenvalue weighted by atomic mass is 9.64. The molecule has 0 spiro atoms. The Morgan fingerprint density at radius 3 is 2.48 bits per heavy atom. The average molecular weight is 281 g/mol. The molecular weight excluding hydrogens is 258 g/mol. The van der Waals surface area contributed by atoms with Gasteiger partial charge in [-0.3, -0.25) is 4.79 Å². The van der Waals surface area contributed by atoms with Gasteiger partial charge < -0.3 is 4.90 Å². The number of benzene rings is 1. The maximum atomic E-state index is 12.9. The lowest BCUT2D eigenvalue weighted by molar-refractivity contribution is 0.00482. The van der Waals surface area contributed by atoms with E-state index < -0.39 is 0 Å². The van der Waals surface area contributed by atoms with Crippen LogP contribution in [0.1, 0.15) is 60.9 Å². The van der Waals surface area contributed by atoms with Crippen LogP contribution in [0.25, 0.3) is 0 Å². The molecular formula is C19H23NO. The van der Waals surface area contributed by atoms with Crippen LogP contribution in [0.4, 0.5) is 0 Å². The fourth-order valence-corrected chi connectivity index (χ4v) is 6.10. The highest BCUT2D eigenvalue weighted by molar-refractivity contribution is 5.98. The number of carbonyl (C=O) groups is 1. The number of hydrogen-bond acceptors (Lipinski definition) is 1. The summed E-state index contributed by atoms with van der Waals surface area (Å²) in [5, 5.41) is 0. The molecule has 5 aliphatic rings. The molecule has 21 heavy (non-hydrogen) atoms. The summed E-state index contributed by atoms with van der Waals surface area (Å²) in [5.74, 6) is 3.05. The van der Waals surface area contributed by atoms with E-state index in [-0.39, 0.29) is 5.54 Å².